The summed E-state index contributed by atoms with van der Waals surface area (Å²) in [6.45, 7) is 4.77. The molecule has 1 aliphatic heterocycles. The van der Waals surface area contributed by atoms with Gasteiger partial charge in [0, 0.05) is 18.7 Å². The molecular weight excluding hydrogens is 229 g/mol. The van der Waals surface area contributed by atoms with Crippen molar-refractivity contribution >= 4 is 0 Å². The molecule has 1 aliphatic rings. The van der Waals surface area contributed by atoms with Crippen molar-refractivity contribution in [1.82, 2.24) is 15.3 Å². The Bertz CT molecular complexity index is 590. The predicted molar refractivity (Wildman–Crippen MR) is 67.9 cm³/mol. The fourth-order valence-corrected chi connectivity index (χ4v) is 2.66. The lowest BCUT2D eigenvalue weighted by molar-refractivity contribution is 0.402. The minimum Gasteiger partial charge on any atom is -0.348 e. The van der Waals surface area contributed by atoms with E-state index in [-0.39, 0.29) is 11.4 Å². The Morgan fingerprint density at radius 3 is 3.00 bits per heavy atom. The first-order chi connectivity index (χ1) is 8.61. The summed E-state index contributed by atoms with van der Waals surface area (Å²) in [7, 11) is 0. The molecule has 0 bridgehead atoms. The molecular formula is C14H16FN3. The maximum atomic E-state index is 13.4. The van der Waals surface area contributed by atoms with Crippen LogP contribution in [0.5, 0.6) is 0 Å². The van der Waals surface area contributed by atoms with E-state index in [4.69, 9.17) is 0 Å². The van der Waals surface area contributed by atoms with Crippen LogP contribution in [0.1, 0.15) is 29.4 Å². The van der Waals surface area contributed by atoms with Gasteiger partial charge in [-0.25, -0.2) is 9.37 Å². The molecule has 1 aromatic carbocycles. The van der Waals surface area contributed by atoms with Crippen LogP contribution in [0.25, 0.3) is 0 Å². The van der Waals surface area contributed by atoms with Gasteiger partial charge in [-0.2, -0.15) is 0 Å². The topological polar surface area (TPSA) is 40.7 Å². The van der Waals surface area contributed by atoms with E-state index in [1.165, 1.54) is 11.8 Å². The van der Waals surface area contributed by atoms with Crippen LogP contribution < -0.4 is 5.32 Å². The van der Waals surface area contributed by atoms with E-state index in [1.807, 2.05) is 12.1 Å². The van der Waals surface area contributed by atoms with Crippen LogP contribution >= 0.6 is 0 Å². The van der Waals surface area contributed by atoms with E-state index in [1.54, 1.807) is 13.3 Å². The molecule has 1 unspecified atom stereocenters. The van der Waals surface area contributed by atoms with Crippen molar-refractivity contribution in [2.45, 2.75) is 25.8 Å². The molecule has 0 aliphatic carbocycles. The maximum absolute atomic E-state index is 13.4. The van der Waals surface area contributed by atoms with Crippen LogP contribution in [0.3, 0.4) is 0 Å². The first-order valence-electron chi connectivity index (χ1n) is 6.15. The number of aromatic nitrogens is 2. The quantitative estimate of drug-likeness (QED) is 0.809. The number of nitrogens with zero attached hydrogens (tertiary/aromatic N) is 1. The second kappa shape index (κ2) is 3.92. The summed E-state index contributed by atoms with van der Waals surface area (Å²) in [6.07, 6.45) is 2.68. The Labute approximate surface area is 105 Å². The van der Waals surface area contributed by atoms with Gasteiger partial charge in [0.25, 0.3) is 0 Å². The lowest BCUT2D eigenvalue weighted by atomic mass is 9.84. The second-order valence-electron chi connectivity index (χ2n) is 5.00. The van der Waals surface area contributed by atoms with E-state index < -0.39 is 0 Å². The molecule has 1 aromatic heterocycles. The summed E-state index contributed by atoms with van der Waals surface area (Å²) in [5.41, 5.74) is 3.55. The molecule has 0 spiro atoms. The van der Waals surface area contributed by atoms with Crippen molar-refractivity contribution in [3.05, 3.63) is 52.9 Å². The Morgan fingerprint density at radius 2 is 2.22 bits per heavy atom. The average Bonchev–Trinajstić information content (AvgIpc) is 2.82. The van der Waals surface area contributed by atoms with Gasteiger partial charge in [-0.15, -0.1) is 0 Å². The van der Waals surface area contributed by atoms with Gasteiger partial charge in [-0.3, -0.25) is 0 Å². The van der Waals surface area contributed by atoms with Gasteiger partial charge in [0.2, 0.25) is 0 Å². The van der Waals surface area contributed by atoms with E-state index in [0.717, 1.165) is 24.2 Å². The largest absolute Gasteiger partial charge is 0.348 e. The monoisotopic (exact) mass is 245 g/mol. The van der Waals surface area contributed by atoms with Crippen LogP contribution in [-0.2, 0) is 12.0 Å². The Kier molecular flexibility index (Phi) is 2.48. The molecule has 0 radical (unpaired) electrons. The highest BCUT2D eigenvalue weighted by Crippen LogP contribution is 2.33. The van der Waals surface area contributed by atoms with E-state index in [2.05, 4.69) is 22.2 Å². The first kappa shape index (κ1) is 11.4. The zero-order valence-corrected chi connectivity index (χ0v) is 10.5. The highest BCUT2D eigenvalue weighted by molar-refractivity contribution is 5.40. The minimum absolute atomic E-state index is 0.166. The lowest BCUT2D eigenvalue weighted by Crippen LogP contribution is -2.46. The number of nitrogens with one attached hydrogen (secondary N) is 2. The predicted octanol–water partition coefficient (Wildman–Crippen LogP) is 2.27. The van der Waals surface area contributed by atoms with Gasteiger partial charge in [0.05, 0.1) is 17.6 Å². The number of benzene rings is 1. The van der Waals surface area contributed by atoms with Gasteiger partial charge < -0.3 is 10.3 Å². The molecule has 2 N–H and O–H groups in total. The Balaban J connectivity index is 2.14. The summed E-state index contributed by atoms with van der Waals surface area (Å²) < 4.78 is 13.4. The van der Waals surface area contributed by atoms with E-state index >= 15 is 0 Å². The summed E-state index contributed by atoms with van der Waals surface area (Å²) in [6, 6.07) is 5.25. The highest BCUT2D eigenvalue weighted by Gasteiger charge is 2.35. The fourth-order valence-electron chi connectivity index (χ4n) is 2.66. The molecule has 2 heterocycles. The van der Waals surface area contributed by atoms with Crippen LogP contribution in [0.4, 0.5) is 4.39 Å². The van der Waals surface area contributed by atoms with Crippen molar-refractivity contribution in [2.75, 3.05) is 6.54 Å². The van der Waals surface area contributed by atoms with Gasteiger partial charge in [0.1, 0.15) is 5.82 Å². The van der Waals surface area contributed by atoms with Crippen LogP contribution in [-0.4, -0.2) is 16.5 Å². The van der Waals surface area contributed by atoms with Gasteiger partial charge in [-0.1, -0.05) is 12.1 Å². The first-order valence-corrected chi connectivity index (χ1v) is 6.15. The van der Waals surface area contributed by atoms with E-state index in [0.29, 0.717) is 5.56 Å². The molecule has 0 saturated carbocycles. The Hall–Kier alpha value is -1.68. The molecule has 3 nitrogen and oxygen atoms in total. The number of hydrogen-bond donors (Lipinski definition) is 2. The third-order valence-corrected chi connectivity index (χ3v) is 3.78. The van der Waals surface area contributed by atoms with Crippen molar-refractivity contribution in [2.24, 2.45) is 0 Å². The van der Waals surface area contributed by atoms with Gasteiger partial charge in [0.15, 0.2) is 0 Å². The van der Waals surface area contributed by atoms with Crippen molar-refractivity contribution < 1.29 is 4.39 Å². The molecule has 94 valence electrons. The van der Waals surface area contributed by atoms with Crippen molar-refractivity contribution in [3.63, 3.8) is 0 Å². The molecule has 1 atom stereocenters. The van der Waals surface area contributed by atoms with Gasteiger partial charge in [-0.05, 0) is 31.0 Å². The number of aryl methyl sites for hydroxylation is 1. The van der Waals surface area contributed by atoms with Crippen molar-refractivity contribution in [3.8, 4) is 0 Å². The zero-order valence-electron chi connectivity index (χ0n) is 10.5. The third-order valence-electron chi connectivity index (χ3n) is 3.78. The zero-order chi connectivity index (χ0) is 12.8. The Morgan fingerprint density at radius 1 is 1.39 bits per heavy atom. The number of rotatable bonds is 1. The molecule has 0 fully saturated rings. The molecule has 18 heavy (non-hydrogen) atoms. The normalized spacial score (nSPS) is 22.8. The standard InChI is InChI=1S/C14H16FN3/c1-9-7-10(3-4-11(9)15)14(2)13-12(5-6-18-14)16-8-17-13/h3-4,7-8,18H,5-6H2,1-2H3,(H,16,17). The summed E-state index contributed by atoms with van der Waals surface area (Å²) in [5, 5.41) is 3.50. The molecule has 4 heteroatoms. The molecule has 3 rings (SSSR count). The van der Waals surface area contributed by atoms with Crippen LogP contribution in [0.2, 0.25) is 0 Å². The number of hydrogen-bond acceptors (Lipinski definition) is 2. The molecule has 0 amide bonds. The maximum Gasteiger partial charge on any atom is 0.126 e. The van der Waals surface area contributed by atoms with Gasteiger partial charge >= 0.3 is 0 Å². The van der Waals surface area contributed by atoms with Crippen molar-refractivity contribution in [1.29, 1.82) is 0 Å². The number of imidazole rings is 1. The smallest absolute Gasteiger partial charge is 0.126 e. The average molecular weight is 245 g/mol. The third kappa shape index (κ3) is 1.56. The molecule has 0 saturated heterocycles. The number of fused-ring (bicyclic) bond motifs is 1. The SMILES string of the molecule is Cc1cc(C2(C)NCCc3[nH]cnc32)ccc1F. The summed E-state index contributed by atoms with van der Waals surface area (Å²) >= 11 is 0. The fraction of sp³-hybridized carbons (Fsp3) is 0.357. The number of aromatic amines is 1. The molecule has 2 aromatic rings. The lowest BCUT2D eigenvalue weighted by Gasteiger charge is -2.34. The second-order valence-corrected chi connectivity index (χ2v) is 5.00. The van der Waals surface area contributed by atoms with Crippen LogP contribution in [0, 0.1) is 12.7 Å². The number of H-pyrrole nitrogens is 1. The summed E-state index contributed by atoms with van der Waals surface area (Å²) in [4.78, 5) is 7.61. The highest BCUT2D eigenvalue weighted by atomic mass is 19.1. The summed E-state index contributed by atoms with van der Waals surface area (Å²) in [5.74, 6) is -0.166. The van der Waals surface area contributed by atoms with E-state index in [9.17, 15) is 4.39 Å². The van der Waals surface area contributed by atoms with Crippen LogP contribution in [0.15, 0.2) is 24.5 Å². The minimum atomic E-state index is -0.341. The number of halogens is 1.